The minimum atomic E-state index is -4.08. The number of carbonyl (C=O) groups is 3. The summed E-state index contributed by atoms with van der Waals surface area (Å²) in [6, 6.07) is 18.0. The lowest BCUT2D eigenvalue weighted by Gasteiger charge is -2.23. The lowest BCUT2D eigenvalue weighted by Crippen LogP contribution is -2.43. The van der Waals surface area contributed by atoms with Gasteiger partial charge in [0.1, 0.15) is 12.6 Å². The number of ether oxygens (including phenoxy) is 1. The van der Waals surface area contributed by atoms with E-state index >= 15 is 0 Å². The maximum atomic E-state index is 13.0. The maximum absolute atomic E-state index is 13.0. The number of nitro groups is 1. The van der Waals surface area contributed by atoms with E-state index in [2.05, 4.69) is 5.32 Å². The highest BCUT2D eigenvalue weighted by Crippen LogP contribution is 2.22. The second-order valence-corrected chi connectivity index (χ2v) is 10.3. The largest absolute Gasteiger partial charge is 0.445 e. The maximum Gasteiger partial charge on any atom is 0.410 e. The van der Waals surface area contributed by atoms with Gasteiger partial charge in [-0.25, -0.2) is 17.9 Å². The fourth-order valence-corrected chi connectivity index (χ4v) is 5.00. The zero-order chi connectivity index (χ0) is 28.0. The molecule has 1 fully saturated rings. The molecule has 0 aliphatic carbocycles. The molecule has 4 rings (SSSR count). The first-order valence-corrected chi connectivity index (χ1v) is 13.3. The molecule has 39 heavy (non-hydrogen) atoms. The van der Waals surface area contributed by atoms with Crippen molar-refractivity contribution in [2.24, 2.45) is 0 Å². The molecule has 12 nitrogen and oxygen atoms in total. The van der Waals surface area contributed by atoms with Gasteiger partial charge in [0.2, 0.25) is 5.91 Å². The highest BCUT2D eigenvalue weighted by molar-refractivity contribution is 7.90. The number of sulfonamides is 1. The summed E-state index contributed by atoms with van der Waals surface area (Å²) in [4.78, 5) is 49.7. The number of likely N-dealkylation sites (tertiary alicyclic amines) is 1. The van der Waals surface area contributed by atoms with Gasteiger partial charge in [0.25, 0.3) is 21.6 Å². The quantitative estimate of drug-likeness (QED) is 0.317. The summed E-state index contributed by atoms with van der Waals surface area (Å²) in [5, 5.41) is 13.4. The fraction of sp³-hybridized carbons (Fsp3) is 0.192. The molecule has 0 saturated carbocycles. The van der Waals surface area contributed by atoms with Crippen molar-refractivity contribution >= 4 is 39.3 Å². The van der Waals surface area contributed by atoms with Gasteiger partial charge in [-0.05, 0) is 60.9 Å². The van der Waals surface area contributed by atoms with Crippen molar-refractivity contribution in [3.63, 3.8) is 0 Å². The minimum absolute atomic E-state index is 0.0121. The number of amides is 3. The lowest BCUT2D eigenvalue weighted by atomic mass is 10.1. The van der Waals surface area contributed by atoms with E-state index in [0.29, 0.717) is 24.9 Å². The predicted octanol–water partition coefficient (Wildman–Crippen LogP) is 3.45. The number of hydrogen-bond donors (Lipinski definition) is 2. The molecule has 1 aliphatic heterocycles. The van der Waals surface area contributed by atoms with Crippen molar-refractivity contribution in [1.29, 1.82) is 0 Å². The number of benzene rings is 3. The fourth-order valence-electron chi connectivity index (χ4n) is 4.00. The molecule has 1 unspecified atom stereocenters. The molecule has 1 heterocycles. The first-order chi connectivity index (χ1) is 18.6. The van der Waals surface area contributed by atoms with Crippen molar-refractivity contribution in [3.05, 3.63) is 100 Å². The minimum Gasteiger partial charge on any atom is -0.445 e. The van der Waals surface area contributed by atoms with Crippen molar-refractivity contribution in [2.75, 3.05) is 11.9 Å². The molecule has 3 aromatic carbocycles. The third-order valence-electron chi connectivity index (χ3n) is 5.97. The Morgan fingerprint density at radius 3 is 2.41 bits per heavy atom. The summed E-state index contributed by atoms with van der Waals surface area (Å²) in [5.74, 6) is -1.36. The third kappa shape index (κ3) is 6.76. The number of hydrogen-bond acceptors (Lipinski definition) is 8. The number of carbonyl (C=O) groups excluding carboxylic acids is 3. The van der Waals surface area contributed by atoms with Gasteiger partial charge in [-0.2, -0.15) is 0 Å². The average Bonchev–Trinajstić information content (AvgIpc) is 3.43. The number of anilines is 1. The van der Waals surface area contributed by atoms with Gasteiger partial charge < -0.3 is 10.1 Å². The zero-order valence-corrected chi connectivity index (χ0v) is 21.3. The molecule has 0 radical (unpaired) electrons. The molecular formula is C26H24N4O8S. The summed E-state index contributed by atoms with van der Waals surface area (Å²) < 4.78 is 32.2. The van der Waals surface area contributed by atoms with Gasteiger partial charge >= 0.3 is 6.09 Å². The van der Waals surface area contributed by atoms with Crippen LogP contribution in [0.5, 0.6) is 0 Å². The molecule has 2 N–H and O–H groups in total. The molecule has 3 amide bonds. The Labute approximate surface area is 223 Å². The van der Waals surface area contributed by atoms with Gasteiger partial charge in [-0.3, -0.25) is 24.6 Å². The Morgan fingerprint density at radius 2 is 1.72 bits per heavy atom. The van der Waals surface area contributed by atoms with Gasteiger partial charge in [-0.1, -0.05) is 24.3 Å². The van der Waals surface area contributed by atoms with E-state index in [1.165, 1.54) is 77.7 Å². The van der Waals surface area contributed by atoms with Crippen molar-refractivity contribution in [3.8, 4) is 0 Å². The standard InChI is InChI=1S/C26H24N4O8S/c31-24(28-39(36,37)22-8-2-1-3-9-22)19-6-4-7-20(16-19)27-25(32)23-10-5-15-29(23)26(33)38-17-18-11-13-21(14-12-18)30(34)35/h1-4,6-9,11-14,16,23H,5,10,15,17H2,(H,27,32)(H,28,31). The molecule has 1 aliphatic rings. The van der Waals surface area contributed by atoms with E-state index in [1.807, 2.05) is 4.72 Å². The van der Waals surface area contributed by atoms with Gasteiger partial charge in [0, 0.05) is 29.9 Å². The summed E-state index contributed by atoms with van der Waals surface area (Å²) in [6.07, 6.45) is 0.267. The number of nitro benzene ring substituents is 1. The number of rotatable bonds is 8. The summed E-state index contributed by atoms with van der Waals surface area (Å²) in [7, 11) is -4.08. The third-order valence-corrected chi connectivity index (χ3v) is 7.32. The van der Waals surface area contributed by atoms with Crippen LogP contribution in [0.25, 0.3) is 0 Å². The molecule has 0 aromatic heterocycles. The second kappa shape index (κ2) is 11.7. The normalized spacial score (nSPS) is 14.9. The smallest absolute Gasteiger partial charge is 0.410 e. The van der Waals surface area contributed by atoms with Crippen LogP contribution in [0.15, 0.2) is 83.8 Å². The van der Waals surface area contributed by atoms with Crippen LogP contribution in [0.3, 0.4) is 0 Å². The van der Waals surface area contributed by atoms with Crippen LogP contribution >= 0.6 is 0 Å². The van der Waals surface area contributed by atoms with Gasteiger partial charge in [-0.15, -0.1) is 0 Å². The predicted molar refractivity (Wildman–Crippen MR) is 139 cm³/mol. The summed E-state index contributed by atoms with van der Waals surface area (Å²) in [5.41, 5.74) is 0.730. The first kappa shape index (κ1) is 27.3. The highest BCUT2D eigenvalue weighted by atomic mass is 32.2. The van der Waals surface area contributed by atoms with Crippen molar-refractivity contribution in [2.45, 2.75) is 30.4 Å². The summed E-state index contributed by atoms with van der Waals surface area (Å²) in [6.45, 7) is 0.182. The van der Waals surface area contributed by atoms with Crippen LogP contribution in [0.4, 0.5) is 16.2 Å². The number of nitrogens with one attached hydrogen (secondary N) is 2. The van der Waals surface area contributed by atoms with E-state index < -0.39 is 38.9 Å². The van der Waals surface area contributed by atoms with Crippen molar-refractivity contribution < 1.29 is 32.5 Å². The van der Waals surface area contributed by atoms with Crippen LogP contribution < -0.4 is 10.0 Å². The van der Waals surface area contributed by atoms with Crippen LogP contribution in [0, 0.1) is 10.1 Å². The van der Waals surface area contributed by atoms with Crippen molar-refractivity contribution in [1.82, 2.24) is 9.62 Å². The Balaban J connectivity index is 1.36. The first-order valence-electron chi connectivity index (χ1n) is 11.8. The van der Waals surface area contributed by atoms with E-state index in [0.717, 1.165) is 0 Å². The summed E-state index contributed by atoms with van der Waals surface area (Å²) >= 11 is 0. The van der Waals surface area contributed by atoms with Crippen LogP contribution in [0.2, 0.25) is 0 Å². The molecule has 13 heteroatoms. The second-order valence-electron chi connectivity index (χ2n) is 8.65. The van der Waals surface area contributed by atoms with E-state index in [-0.39, 0.29) is 28.4 Å². The lowest BCUT2D eigenvalue weighted by molar-refractivity contribution is -0.384. The number of non-ortho nitro benzene ring substituents is 1. The van der Waals surface area contributed by atoms with Crippen LogP contribution in [-0.4, -0.2) is 48.7 Å². The van der Waals surface area contributed by atoms with Crippen LogP contribution in [-0.2, 0) is 26.2 Å². The SMILES string of the molecule is O=C(NS(=O)(=O)c1ccccc1)c1cccc(NC(=O)C2CCCN2C(=O)OCc2ccc([N+](=O)[O-])cc2)c1. The average molecular weight is 553 g/mol. The topological polar surface area (TPSA) is 165 Å². The Hall–Kier alpha value is -4.78. The molecule has 1 saturated heterocycles. The zero-order valence-electron chi connectivity index (χ0n) is 20.5. The Kier molecular flexibility index (Phi) is 8.20. The molecule has 0 bridgehead atoms. The van der Waals surface area contributed by atoms with Gasteiger partial charge in [0.15, 0.2) is 0 Å². The molecule has 1 atom stereocenters. The molecule has 3 aromatic rings. The number of nitrogens with zero attached hydrogens (tertiary/aromatic N) is 2. The van der Waals surface area contributed by atoms with E-state index in [4.69, 9.17) is 4.74 Å². The van der Waals surface area contributed by atoms with Gasteiger partial charge in [0.05, 0.1) is 9.82 Å². The molecule has 0 spiro atoms. The Morgan fingerprint density at radius 1 is 1.00 bits per heavy atom. The molecule has 202 valence electrons. The molecular weight excluding hydrogens is 528 g/mol. The highest BCUT2D eigenvalue weighted by Gasteiger charge is 2.35. The Bertz CT molecular complexity index is 1490. The van der Waals surface area contributed by atoms with E-state index in [1.54, 1.807) is 6.07 Å². The monoisotopic (exact) mass is 552 g/mol. The van der Waals surface area contributed by atoms with Crippen LogP contribution in [0.1, 0.15) is 28.8 Å². The van der Waals surface area contributed by atoms with E-state index in [9.17, 15) is 32.9 Å².